The Balaban J connectivity index is 1.96. The zero-order chi connectivity index (χ0) is 13.5. The van der Waals surface area contributed by atoms with Gasteiger partial charge in [0, 0.05) is 16.6 Å². The lowest BCUT2D eigenvalue weighted by Crippen LogP contribution is -2.13. The monoisotopic (exact) mass is 320 g/mol. The van der Waals surface area contributed by atoms with Gasteiger partial charge in [0.2, 0.25) is 0 Å². The van der Waals surface area contributed by atoms with Crippen LogP contribution in [-0.4, -0.2) is 30.3 Å². The molecule has 0 atom stereocenters. The number of anilines is 1. The van der Waals surface area contributed by atoms with E-state index >= 15 is 0 Å². The van der Waals surface area contributed by atoms with Crippen molar-refractivity contribution in [3.05, 3.63) is 40.9 Å². The molecule has 0 fully saturated rings. The van der Waals surface area contributed by atoms with Crippen LogP contribution >= 0.6 is 15.9 Å². The third-order valence-electron chi connectivity index (χ3n) is 2.71. The molecule has 0 radical (unpaired) electrons. The first-order chi connectivity index (χ1) is 9.29. The molecule has 4 nitrogen and oxygen atoms in total. The highest BCUT2D eigenvalue weighted by Crippen LogP contribution is 2.19. The smallest absolute Gasteiger partial charge is 0.148 e. The van der Waals surface area contributed by atoms with Crippen molar-refractivity contribution >= 4 is 21.7 Å². The highest BCUT2D eigenvalue weighted by molar-refractivity contribution is 9.10. The molecule has 0 spiro atoms. The lowest BCUT2D eigenvalue weighted by Gasteiger charge is -2.05. The second kappa shape index (κ2) is 7.21. The molecule has 0 amide bonds. The van der Waals surface area contributed by atoms with Crippen LogP contribution in [0.4, 0.5) is 5.82 Å². The van der Waals surface area contributed by atoms with Crippen LogP contribution in [0.15, 0.2) is 40.9 Å². The fourth-order valence-corrected chi connectivity index (χ4v) is 1.95. The molecule has 0 aliphatic rings. The van der Waals surface area contributed by atoms with Crippen LogP contribution in [0.5, 0.6) is 0 Å². The number of nitrogens with one attached hydrogen (secondary N) is 2. The topological polar surface area (TPSA) is 49.8 Å². The molecule has 0 bridgehead atoms. The molecule has 2 N–H and O–H groups in total. The van der Waals surface area contributed by atoms with E-state index < -0.39 is 0 Å². The van der Waals surface area contributed by atoms with Crippen LogP contribution in [-0.2, 0) is 0 Å². The van der Waals surface area contributed by atoms with Gasteiger partial charge in [0.1, 0.15) is 5.82 Å². The van der Waals surface area contributed by atoms with Gasteiger partial charge in [0.25, 0.3) is 0 Å². The minimum Gasteiger partial charge on any atom is -0.369 e. The summed E-state index contributed by atoms with van der Waals surface area (Å²) in [6.45, 7) is 1.89. The first-order valence-electron chi connectivity index (χ1n) is 6.28. The van der Waals surface area contributed by atoms with Crippen molar-refractivity contribution in [2.45, 2.75) is 6.42 Å². The maximum Gasteiger partial charge on any atom is 0.148 e. The normalized spacial score (nSPS) is 10.4. The first-order valence-corrected chi connectivity index (χ1v) is 7.07. The van der Waals surface area contributed by atoms with Crippen LogP contribution in [0, 0.1) is 0 Å². The second-order valence-electron chi connectivity index (χ2n) is 4.19. The second-order valence-corrected chi connectivity index (χ2v) is 5.11. The van der Waals surface area contributed by atoms with Crippen molar-refractivity contribution in [3.63, 3.8) is 0 Å². The zero-order valence-corrected chi connectivity index (χ0v) is 12.4. The standard InChI is InChI=1S/C14H17BrN4/c1-16-9-2-10-17-14-8-7-13(18-19-14)11-3-5-12(15)6-4-11/h3-8,16H,2,9-10H2,1H3,(H,17,19). The van der Waals surface area contributed by atoms with Crippen LogP contribution in [0.3, 0.4) is 0 Å². The third kappa shape index (κ3) is 4.29. The predicted octanol–water partition coefficient (Wildman–Crippen LogP) is 2.93. The Labute approximate surface area is 121 Å². The van der Waals surface area contributed by atoms with Gasteiger partial charge in [-0.1, -0.05) is 28.1 Å². The number of halogens is 1. The summed E-state index contributed by atoms with van der Waals surface area (Å²) in [6.07, 6.45) is 1.06. The largest absolute Gasteiger partial charge is 0.369 e. The van der Waals surface area contributed by atoms with Gasteiger partial charge in [-0.25, -0.2) is 0 Å². The summed E-state index contributed by atoms with van der Waals surface area (Å²) in [5.41, 5.74) is 1.95. The van der Waals surface area contributed by atoms with E-state index in [-0.39, 0.29) is 0 Å². The van der Waals surface area contributed by atoms with Crippen molar-refractivity contribution in [1.29, 1.82) is 0 Å². The third-order valence-corrected chi connectivity index (χ3v) is 3.24. The molecule has 0 aliphatic heterocycles. The molecule has 2 rings (SSSR count). The molecule has 0 aliphatic carbocycles. The van der Waals surface area contributed by atoms with Gasteiger partial charge in [-0.2, -0.15) is 0 Å². The van der Waals surface area contributed by atoms with E-state index in [9.17, 15) is 0 Å². The molecular formula is C14H17BrN4. The summed E-state index contributed by atoms with van der Waals surface area (Å²) < 4.78 is 1.06. The Morgan fingerprint density at radius 3 is 2.42 bits per heavy atom. The molecular weight excluding hydrogens is 304 g/mol. The van der Waals surface area contributed by atoms with Crippen LogP contribution in [0.2, 0.25) is 0 Å². The van der Waals surface area contributed by atoms with E-state index in [1.165, 1.54) is 0 Å². The number of hydrogen-bond donors (Lipinski definition) is 2. The van der Waals surface area contributed by atoms with Crippen molar-refractivity contribution in [1.82, 2.24) is 15.5 Å². The summed E-state index contributed by atoms with van der Waals surface area (Å²) in [6, 6.07) is 12.0. The van der Waals surface area contributed by atoms with Gasteiger partial charge in [-0.3, -0.25) is 0 Å². The Bertz CT molecular complexity index is 496. The van der Waals surface area contributed by atoms with E-state index in [0.717, 1.165) is 41.1 Å². The Hall–Kier alpha value is -1.46. The van der Waals surface area contributed by atoms with Crippen molar-refractivity contribution in [2.24, 2.45) is 0 Å². The lowest BCUT2D eigenvalue weighted by atomic mass is 10.1. The van der Waals surface area contributed by atoms with Gasteiger partial charge in [0.05, 0.1) is 5.69 Å². The van der Waals surface area contributed by atoms with Crippen LogP contribution in [0.25, 0.3) is 11.3 Å². The Kier molecular flexibility index (Phi) is 5.30. The molecule has 0 saturated heterocycles. The molecule has 1 aromatic carbocycles. The average molecular weight is 321 g/mol. The Morgan fingerprint density at radius 2 is 1.79 bits per heavy atom. The average Bonchev–Trinajstić information content (AvgIpc) is 2.45. The van der Waals surface area contributed by atoms with Gasteiger partial charge in [0.15, 0.2) is 0 Å². The molecule has 0 saturated carbocycles. The first kappa shape index (κ1) is 14.0. The molecule has 1 aromatic heterocycles. The molecule has 0 unspecified atom stereocenters. The quantitative estimate of drug-likeness (QED) is 0.803. The minimum absolute atomic E-state index is 0.817. The summed E-state index contributed by atoms with van der Waals surface area (Å²) >= 11 is 3.42. The summed E-state index contributed by atoms with van der Waals surface area (Å²) in [5.74, 6) is 0.817. The zero-order valence-electron chi connectivity index (χ0n) is 10.9. The fourth-order valence-electron chi connectivity index (χ4n) is 1.68. The summed E-state index contributed by atoms with van der Waals surface area (Å²) in [7, 11) is 1.95. The predicted molar refractivity (Wildman–Crippen MR) is 82.2 cm³/mol. The molecule has 1 heterocycles. The molecule has 5 heteroatoms. The van der Waals surface area contributed by atoms with Crippen LogP contribution < -0.4 is 10.6 Å². The number of nitrogens with zero attached hydrogens (tertiary/aromatic N) is 2. The Morgan fingerprint density at radius 1 is 1.00 bits per heavy atom. The van der Waals surface area contributed by atoms with E-state index in [0.29, 0.717) is 0 Å². The van der Waals surface area contributed by atoms with Crippen molar-refractivity contribution in [3.8, 4) is 11.3 Å². The van der Waals surface area contributed by atoms with Gasteiger partial charge in [-0.15, -0.1) is 10.2 Å². The van der Waals surface area contributed by atoms with E-state index in [2.05, 4.69) is 36.8 Å². The maximum atomic E-state index is 4.23. The molecule has 19 heavy (non-hydrogen) atoms. The molecule has 2 aromatic rings. The minimum atomic E-state index is 0.817. The number of aromatic nitrogens is 2. The number of hydrogen-bond acceptors (Lipinski definition) is 4. The van der Waals surface area contributed by atoms with E-state index in [1.807, 2.05) is 43.4 Å². The number of benzene rings is 1. The maximum absolute atomic E-state index is 4.23. The molecule has 100 valence electrons. The fraction of sp³-hybridized carbons (Fsp3) is 0.286. The summed E-state index contributed by atoms with van der Waals surface area (Å²) in [4.78, 5) is 0. The van der Waals surface area contributed by atoms with Gasteiger partial charge >= 0.3 is 0 Å². The SMILES string of the molecule is CNCCCNc1ccc(-c2ccc(Br)cc2)nn1. The van der Waals surface area contributed by atoms with Crippen molar-refractivity contribution in [2.75, 3.05) is 25.5 Å². The summed E-state index contributed by atoms with van der Waals surface area (Å²) in [5, 5.41) is 14.8. The van der Waals surface area contributed by atoms with E-state index in [1.54, 1.807) is 0 Å². The highest BCUT2D eigenvalue weighted by Gasteiger charge is 2.00. The van der Waals surface area contributed by atoms with Crippen molar-refractivity contribution < 1.29 is 0 Å². The van der Waals surface area contributed by atoms with E-state index in [4.69, 9.17) is 0 Å². The van der Waals surface area contributed by atoms with Gasteiger partial charge < -0.3 is 10.6 Å². The van der Waals surface area contributed by atoms with Gasteiger partial charge in [-0.05, 0) is 44.3 Å². The lowest BCUT2D eigenvalue weighted by molar-refractivity contribution is 0.746. The number of rotatable bonds is 6. The van der Waals surface area contributed by atoms with Crippen LogP contribution in [0.1, 0.15) is 6.42 Å². The highest BCUT2D eigenvalue weighted by atomic mass is 79.9.